The number of methoxy groups -OCH3 is 1. The molecule has 4 aromatic rings. The minimum absolute atomic E-state index is 0.133. The Morgan fingerprint density at radius 1 is 1.10 bits per heavy atom. The van der Waals surface area contributed by atoms with Crippen LogP contribution in [0, 0.1) is 0 Å². The van der Waals surface area contributed by atoms with Gasteiger partial charge in [0.05, 0.1) is 25.4 Å². The molecule has 0 aliphatic rings. The summed E-state index contributed by atoms with van der Waals surface area (Å²) >= 11 is 1.40. The Labute approximate surface area is 182 Å². The van der Waals surface area contributed by atoms with E-state index in [1.807, 2.05) is 36.6 Å². The summed E-state index contributed by atoms with van der Waals surface area (Å²) in [5.41, 5.74) is 2.07. The molecule has 0 aliphatic heterocycles. The lowest BCUT2D eigenvalue weighted by molar-refractivity contribution is -0.116. The van der Waals surface area contributed by atoms with Crippen LogP contribution in [-0.2, 0) is 11.3 Å². The third-order valence-corrected chi connectivity index (χ3v) is 5.61. The van der Waals surface area contributed by atoms with Crippen molar-refractivity contribution in [1.82, 2.24) is 9.55 Å². The monoisotopic (exact) mass is 435 g/mol. The van der Waals surface area contributed by atoms with Crippen molar-refractivity contribution in [1.29, 1.82) is 0 Å². The van der Waals surface area contributed by atoms with Crippen molar-refractivity contribution in [2.75, 3.05) is 19.0 Å². The van der Waals surface area contributed by atoms with Crippen LogP contribution < -0.4 is 20.3 Å². The topological polar surface area (TPSA) is 82.5 Å². The maximum atomic E-state index is 13.1. The summed E-state index contributed by atoms with van der Waals surface area (Å²) in [5, 5.41) is 5.20. The van der Waals surface area contributed by atoms with E-state index in [0.29, 0.717) is 28.3 Å². The molecule has 0 atom stereocenters. The fourth-order valence-electron chi connectivity index (χ4n) is 3.22. The number of hydrogen-bond donors (Lipinski definition) is 1. The molecule has 0 radical (unpaired) electrons. The Morgan fingerprint density at radius 2 is 1.81 bits per heavy atom. The molecule has 8 heteroatoms. The van der Waals surface area contributed by atoms with Gasteiger partial charge >= 0.3 is 0 Å². The number of anilines is 1. The number of carbonyl (C=O) groups is 1. The summed E-state index contributed by atoms with van der Waals surface area (Å²) in [7, 11) is 1.58. The van der Waals surface area contributed by atoms with Gasteiger partial charge in [0, 0.05) is 16.6 Å². The van der Waals surface area contributed by atoms with Crippen LogP contribution in [0.1, 0.15) is 6.92 Å². The molecular weight excluding hydrogens is 414 g/mol. The number of carbonyl (C=O) groups excluding carboxylic acids is 1. The van der Waals surface area contributed by atoms with Gasteiger partial charge in [-0.15, -0.1) is 11.3 Å². The largest absolute Gasteiger partial charge is 0.497 e. The van der Waals surface area contributed by atoms with Crippen LogP contribution in [0.15, 0.2) is 65.0 Å². The molecule has 4 rings (SSSR count). The molecule has 31 heavy (non-hydrogen) atoms. The van der Waals surface area contributed by atoms with Gasteiger partial charge in [-0.2, -0.15) is 0 Å². The van der Waals surface area contributed by atoms with E-state index in [4.69, 9.17) is 9.47 Å². The van der Waals surface area contributed by atoms with Crippen molar-refractivity contribution < 1.29 is 14.3 Å². The first-order valence-corrected chi connectivity index (χ1v) is 10.6. The van der Waals surface area contributed by atoms with Crippen LogP contribution in [0.5, 0.6) is 11.5 Å². The molecule has 2 aromatic carbocycles. The molecule has 0 spiro atoms. The first-order valence-electron chi connectivity index (χ1n) is 9.73. The first-order chi connectivity index (χ1) is 15.1. The molecule has 0 unspecified atom stereocenters. The van der Waals surface area contributed by atoms with E-state index in [9.17, 15) is 9.59 Å². The summed E-state index contributed by atoms with van der Waals surface area (Å²) in [4.78, 5) is 30.6. The highest BCUT2D eigenvalue weighted by Gasteiger charge is 2.15. The van der Waals surface area contributed by atoms with Gasteiger partial charge in [-0.05, 0) is 48.9 Å². The maximum absolute atomic E-state index is 13.1. The minimum Gasteiger partial charge on any atom is -0.497 e. The lowest BCUT2D eigenvalue weighted by Crippen LogP contribution is -2.27. The predicted molar refractivity (Wildman–Crippen MR) is 122 cm³/mol. The lowest BCUT2D eigenvalue weighted by atomic mass is 10.1. The van der Waals surface area contributed by atoms with E-state index in [-0.39, 0.29) is 18.0 Å². The van der Waals surface area contributed by atoms with Crippen molar-refractivity contribution in [3.63, 3.8) is 0 Å². The average Bonchev–Trinajstić information content (AvgIpc) is 3.22. The van der Waals surface area contributed by atoms with Crippen LogP contribution in [-0.4, -0.2) is 29.2 Å². The number of aromatic nitrogens is 2. The van der Waals surface area contributed by atoms with Crippen molar-refractivity contribution in [3.05, 3.63) is 70.6 Å². The van der Waals surface area contributed by atoms with Gasteiger partial charge in [0.1, 0.15) is 22.9 Å². The van der Waals surface area contributed by atoms with E-state index >= 15 is 0 Å². The van der Waals surface area contributed by atoms with Gasteiger partial charge in [-0.1, -0.05) is 12.1 Å². The molecule has 2 aromatic heterocycles. The molecule has 158 valence electrons. The van der Waals surface area contributed by atoms with Gasteiger partial charge in [-0.25, -0.2) is 4.98 Å². The Morgan fingerprint density at radius 3 is 2.48 bits per heavy atom. The number of rotatable bonds is 7. The number of nitrogens with one attached hydrogen (secondary N) is 1. The summed E-state index contributed by atoms with van der Waals surface area (Å²) in [5.74, 6) is 1.16. The third kappa shape index (κ3) is 4.44. The summed E-state index contributed by atoms with van der Waals surface area (Å²) < 4.78 is 11.9. The van der Waals surface area contributed by atoms with Gasteiger partial charge < -0.3 is 14.8 Å². The first kappa shape index (κ1) is 20.6. The minimum atomic E-state index is -0.314. The normalized spacial score (nSPS) is 10.8. The summed E-state index contributed by atoms with van der Waals surface area (Å²) in [6, 6.07) is 14.6. The zero-order chi connectivity index (χ0) is 21.8. The molecule has 7 nitrogen and oxygen atoms in total. The zero-order valence-corrected chi connectivity index (χ0v) is 17.9. The number of nitrogens with zero attached hydrogens (tertiary/aromatic N) is 2. The van der Waals surface area contributed by atoms with E-state index < -0.39 is 0 Å². The Balaban J connectivity index is 1.59. The predicted octanol–water partition coefficient (Wildman–Crippen LogP) is 4.17. The van der Waals surface area contributed by atoms with E-state index in [1.54, 1.807) is 31.4 Å². The SMILES string of the molecule is CCOc1ccc(-c2csc3ncn(CC(=O)Nc4ccc(OC)cc4)c(=O)c23)cc1. The van der Waals surface area contributed by atoms with Crippen LogP contribution in [0.3, 0.4) is 0 Å². The highest BCUT2D eigenvalue weighted by atomic mass is 32.1. The Bertz CT molecular complexity index is 1260. The summed E-state index contributed by atoms with van der Waals surface area (Å²) in [6.07, 6.45) is 1.41. The smallest absolute Gasteiger partial charge is 0.263 e. The van der Waals surface area contributed by atoms with Gasteiger partial charge in [-0.3, -0.25) is 14.2 Å². The Hall–Kier alpha value is -3.65. The van der Waals surface area contributed by atoms with E-state index in [1.165, 1.54) is 22.2 Å². The number of hydrogen-bond acceptors (Lipinski definition) is 6. The van der Waals surface area contributed by atoms with Gasteiger partial charge in [0.25, 0.3) is 5.56 Å². The van der Waals surface area contributed by atoms with Gasteiger partial charge in [0.2, 0.25) is 5.91 Å². The van der Waals surface area contributed by atoms with Gasteiger partial charge in [0.15, 0.2) is 0 Å². The van der Waals surface area contributed by atoms with Crippen LogP contribution in [0.2, 0.25) is 0 Å². The van der Waals surface area contributed by atoms with Crippen LogP contribution >= 0.6 is 11.3 Å². The van der Waals surface area contributed by atoms with Crippen molar-refractivity contribution in [2.45, 2.75) is 13.5 Å². The Kier molecular flexibility index (Phi) is 5.99. The molecule has 1 amide bonds. The quantitative estimate of drug-likeness (QED) is 0.471. The highest BCUT2D eigenvalue weighted by molar-refractivity contribution is 7.17. The third-order valence-electron chi connectivity index (χ3n) is 4.72. The molecule has 2 heterocycles. The van der Waals surface area contributed by atoms with E-state index in [0.717, 1.165) is 16.9 Å². The van der Waals surface area contributed by atoms with E-state index in [2.05, 4.69) is 10.3 Å². The second kappa shape index (κ2) is 9.01. The van der Waals surface area contributed by atoms with Crippen LogP contribution in [0.25, 0.3) is 21.3 Å². The number of benzene rings is 2. The number of thiophene rings is 1. The fraction of sp³-hybridized carbons (Fsp3) is 0.174. The molecule has 0 saturated heterocycles. The molecule has 0 bridgehead atoms. The lowest BCUT2D eigenvalue weighted by Gasteiger charge is -2.09. The number of ether oxygens (including phenoxy) is 2. The fourth-order valence-corrected chi connectivity index (χ4v) is 4.13. The van der Waals surface area contributed by atoms with Crippen molar-refractivity contribution >= 4 is 33.1 Å². The maximum Gasteiger partial charge on any atom is 0.263 e. The number of amides is 1. The average molecular weight is 436 g/mol. The van der Waals surface area contributed by atoms with Crippen molar-refractivity contribution in [2.24, 2.45) is 0 Å². The molecular formula is C23H21N3O4S. The summed E-state index contributed by atoms with van der Waals surface area (Å²) in [6.45, 7) is 2.39. The molecule has 1 N–H and O–H groups in total. The van der Waals surface area contributed by atoms with Crippen molar-refractivity contribution in [3.8, 4) is 22.6 Å². The standard InChI is InChI=1S/C23H21N3O4S/c1-3-30-18-8-4-15(5-9-18)19-13-31-22-21(19)23(28)26(14-24-22)12-20(27)25-16-6-10-17(29-2)11-7-16/h4-11,13-14H,3,12H2,1-2H3,(H,25,27). The second-order valence-electron chi connectivity index (χ2n) is 6.74. The second-order valence-corrected chi connectivity index (χ2v) is 7.60. The zero-order valence-electron chi connectivity index (χ0n) is 17.1. The highest BCUT2D eigenvalue weighted by Crippen LogP contribution is 2.31. The molecule has 0 aliphatic carbocycles. The molecule has 0 saturated carbocycles. The molecule has 0 fully saturated rings. The van der Waals surface area contributed by atoms with Crippen LogP contribution in [0.4, 0.5) is 5.69 Å². The number of fused-ring (bicyclic) bond motifs is 1.